The summed E-state index contributed by atoms with van der Waals surface area (Å²) < 4.78 is 6.41. The summed E-state index contributed by atoms with van der Waals surface area (Å²) in [6.07, 6.45) is 7.68. The molecular weight excluding hydrogens is 366 g/mol. The van der Waals surface area contributed by atoms with Gasteiger partial charge in [-0.25, -0.2) is 0 Å². The van der Waals surface area contributed by atoms with Crippen LogP contribution in [0.25, 0.3) is 0 Å². The van der Waals surface area contributed by atoms with Crippen LogP contribution in [0.15, 0.2) is 30.5 Å². The molecule has 29 heavy (non-hydrogen) atoms. The van der Waals surface area contributed by atoms with Crippen molar-refractivity contribution in [3.63, 3.8) is 0 Å². The minimum Gasteiger partial charge on any atom is -0.489 e. The first-order valence-corrected chi connectivity index (χ1v) is 10.9. The van der Waals surface area contributed by atoms with Crippen molar-refractivity contribution in [3.05, 3.63) is 41.6 Å². The lowest BCUT2D eigenvalue weighted by Crippen LogP contribution is -2.49. The number of nitrogens with zero attached hydrogens (tertiary/aromatic N) is 2. The number of nitrogens with one attached hydrogen (secondary N) is 1. The first kappa shape index (κ1) is 18.7. The minimum absolute atomic E-state index is 0.0602. The van der Waals surface area contributed by atoms with Crippen molar-refractivity contribution in [2.75, 3.05) is 13.1 Å². The van der Waals surface area contributed by atoms with Gasteiger partial charge >= 0.3 is 0 Å². The molecule has 154 valence electrons. The van der Waals surface area contributed by atoms with Crippen molar-refractivity contribution in [3.8, 4) is 5.75 Å². The topological polar surface area (TPSA) is 61.9 Å². The average Bonchev–Trinajstić information content (AvgIpc) is 3.43. The Balaban J connectivity index is 1.30. The third-order valence-electron chi connectivity index (χ3n) is 6.92. The third kappa shape index (κ3) is 3.44. The highest BCUT2D eigenvalue weighted by molar-refractivity contribution is 6.01. The van der Waals surface area contributed by atoms with Gasteiger partial charge in [-0.1, -0.05) is 6.58 Å². The van der Waals surface area contributed by atoms with Gasteiger partial charge in [0.25, 0.3) is 5.91 Å². The second-order valence-corrected chi connectivity index (χ2v) is 8.80. The fourth-order valence-corrected chi connectivity index (χ4v) is 5.41. The van der Waals surface area contributed by atoms with Crippen LogP contribution in [0.2, 0.25) is 0 Å². The molecule has 0 radical (unpaired) electrons. The molecular formula is C23H29N3O3. The fraction of sp³-hybridized carbons (Fsp3) is 0.565. The molecule has 1 aliphatic carbocycles. The monoisotopic (exact) mass is 395 g/mol. The lowest BCUT2D eigenvalue weighted by molar-refractivity contribution is -0.126. The summed E-state index contributed by atoms with van der Waals surface area (Å²) in [7, 11) is 0. The molecule has 1 unspecified atom stereocenters. The molecule has 2 saturated heterocycles. The number of hydrogen-bond donors (Lipinski definition) is 1. The van der Waals surface area contributed by atoms with Crippen molar-refractivity contribution in [1.82, 2.24) is 15.1 Å². The lowest BCUT2D eigenvalue weighted by Gasteiger charge is -2.30. The molecule has 3 heterocycles. The van der Waals surface area contributed by atoms with Crippen molar-refractivity contribution in [1.29, 1.82) is 0 Å². The maximum atomic E-state index is 12.9. The first-order valence-electron chi connectivity index (χ1n) is 10.9. The van der Waals surface area contributed by atoms with E-state index in [1.54, 1.807) is 4.90 Å². The van der Waals surface area contributed by atoms with Crippen molar-refractivity contribution < 1.29 is 14.3 Å². The molecule has 1 aromatic rings. The summed E-state index contributed by atoms with van der Waals surface area (Å²) >= 11 is 0. The van der Waals surface area contributed by atoms with E-state index in [4.69, 9.17) is 4.74 Å². The SMILES string of the molecule is C=C1CCC(N2Cc3cc(O[C@H]4CCC[C@@H]4N4CCCC4)ccc3C2=O)C(=O)N1. The van der Waals surface area contributed by atoms with E-state index in [2.05, 4.69) is 16.8 Å². The first-order chi connectivity index (χ1) is 14.1. The molecule has 1 saturated carbocycles. The van der Waals surface area contributed by atoms with Crippen molar-refractivity contribution >= 4 is 11.8 Å². The second-order valence-electron chi connectivity index (χ2n) is 8.80. The van der Waals surface area contributed by atoms with Gasteiger partial charge in [-0.15, -0.1) is 0 Å². The van der Waals surface area contributed by atoms with Gasteiger partial charge in [-0.3, -0.25) is 14.5 Å². The van der Waals surface area contributed by atoms with Gasteiger partial charge in [0.2, 0.25) is 5.91 Å². The molecule has 4 aliphatic rings. The predicted octanol–water partition coefficient (Wildman–Crippen LogP) is 2.83. The van der Waals surface area contributed by atoms with E-state index in [0.717, 1.165) is 23.4 Å². The Morgan fingerprint density at radius 1 is 1.07 bits per heavy atom. The number of rotatable bonds is 4. The molecule has 3 aliphatic heterocycles. The molecule has 5 rings (SSSR count). The van der Waals surface area contributed by atoms with E-state index in [1.807, 2.05) is 18.2 Å². The van der Waals surface area contributed by atoms with Crippen molar-refractivity contribution in [2.24, 2.45) is 0 Å². The summed E-state index contributed by atoms with van der Waals surface area (Å²) in [6, 6.07) is 5.89. The summed E-state index contributed by atoms with van der Waals surface area (Å²) in [5.41, 5.74) is 2.38. The van der Waals surface area contributed by atoms with E-state index in [-0.39, 0.29) is 17.9 Å². The number of amides is 2. The molecule has 6 nitrogen and oxygen atoms in total. The van der Waals surface area contributed by atoms with Crippen LogP contribution in [-0.4, -0.2) is 52.9 Å². The van der Waals surface area contributed by atoms with E-state index < -0.39 is 6.04 Å². The number of likely N-dealkylation sites (tertiary alicyclic amines) is 1. The summed E-state index contributed by atoms with van der Waals surface area (Å²) in [5, 5.41) is 2.79. The maximum absolute atomic E-state index is 12.9. The smallest absolute Gasteiger partial charge is 0.255 e. The van der Waals surface area contributed by atoms with Gasteiger partial charge in [-0.2, -0.15) is 0 Å². The van der Waals surface area contributed by atoms with Crippen LogP contribution in [0.4, 0.5) is 0 Å². The van der Waals surface area contributed by atoms with Crippen LogP contribution >= 0.6 is 0 Å². The zero-order valence-corrected chi connectivity index (χ0v) is 16.9. The van der Waals surface area contributed by atoms with Crippen LogP contribution in [0.5, 0.6) is 5.75 Å². The van der Waals surface area contributed by atoms with Gasteiger partial charge in [-0.05, 0) is 81.8 Å². The molecule has 2 amide bonds. The number of carbonyl (C=O) groups excluding carboxylic acids is 2. The standard InChI is InChI=1S/C23H29N3O3/c1-15-7-10-20(22(27)24-15)26-14-16-13-17(8-9-18(16)23(26)28)29-21-6-4-5-19(21)25-11-2-3-12-25/h8-9,13,19-21H,1-7,10-12,14H2,(H,24,27)/t19-,20?,21-/m0/s1. The van der Waals surface area contributed by atoms with Crippen LogP contribution in [0.1, 0.15) is 60.9 Å². The Labute approximate surface area is 171 Å². The highest BCUT2D eigenvalue weighted by atomic mass is 16.5. The fourth-order valence-electron chi connectivity index (χ4n) is 5.41. The number of hydrogen-bond acceptors (Lipinski definition) is 4. The largest absolute Gasteiger partial charge is 0.489 e. The summed E-state index contributed by atoms with van der Waals surface area (Å²) in [4.78, 5) is 29.5. The number of fused-ring (bicyclic) bond motifs is 1. The van der Waals surface area contributed by atoms with E-state index in [9.17, 15) is 9.59 Å². The number of carbonyl (C=O) groups is 2. The van der Waals surface area contributed by atoms with E-state index in [1.165, 1.54) is 38.8 Å². The zero-order valence-electron chi connectivity index (χ0n) is 16.9. The van der Waals surface area contributed by atoms with Gasteiger partial charge in [0.1, 0.15) is 17.9 Å². The Kier molecular flexibility index (Phi) is 4.82. The highest BCUT2D eigenvalue weighted by Crippen LogP contribution is 2.34. The summed E-state index contributed by atoms with van der Waals surface area (Å²) in [6.45, 7) is 6.67. The van der Waals surface area contributed by atoms with Gasteiger partial charge < -0.3 is 15.0 Å². The van der Waals surface area contributed by atoms with Crippen LogP contribution in [-0.2, 0) is 11.3 Å². The molecule has 0 spiro atoms. The Morgan fingerprint density at radius 3 is 2.69 bits per heavy atom. The molecule has 3 fully saturated rings. The maximum Gasteiger partial charge on any atom is 0.255 e. The molecule has 6 heteroatoms. The molecule has 3 atom stereocenters. The highest BCUT2D eigenvalue weighted by Gasteiger charge is 2.39. The van der Waals surface area contributed by atoms with Gasteiger partial charge in [0, 0.05) is 23.8 Å². The molecule has 0 bridgehead atoms. The molecule has 0 aromatic heterocycles. The number of ether oxygens (including phenoxy) is 1. The normalized spacial score (nSPS) is 30.0. The number of allylic oxidation sites excluding steroid dienone is 1. The number of piperidine rings is 1. The zero-order chi connectivity index (χ0) is 20.0. The van der Waals surface area contributed by atoms with Crippen molar-refractivity contribution in [2.45, 2.75) is 69.7 Å². The second kappa shape index (κ2) is 7.48. The average molecular weight is 396 g/mol. The lowest BCUT2D eigenvalue weighted by atomic mass is 10.0. The summed E-state index contributed by atoms with van der Waals surface area (Å²) in [5.74, 6) is 0.657. The number of benzene rings is 1. The third-order valence-corrected chi connectivity index (χ3v) is 6.92. The van der Waals surface area contributed by atoms with E-state index >= 15 is 0 Å². The van der Waals surface area contributed by atoms with Crippen LogP contribution in [0.3, 0.4) is 0 Å². The quantitative estimate of drug-likeness (QED) is 0.852. The Morgan fingerprint density at radius 2 is 1.90 bits per heavy atom. The van der Waals surface area contributed by atoms with Crippen LogP contribution in [0, 0.1) is 0 Å². The molecule has 1 N–H and O–H groups in total. The van der Waals surface area contributed by atoms with Crippen LogP contribution < -0.4 is 10.1 Å². The minimum atomic E-state index is -0.417. The molecule has 1 aromatic carbocycles. The predicted molar refractivity (Wildman–Crippen MR) is 109 cm³/mol. The van der Waals surface area contributed by atoms with Gasteiger partial charge in [0.05, 0.1) is 0 Å². The Bertz CT molecular complexity index is 846. The van der Waals surface area contributed by atoms with Gasteiger partial charge in [0.15, 0.2) is 0 Å². The Hall–Kier alpha value is -2.34. The van der Waals surface area contributed by atoms with E-state index in [0.29, 0.717) is 31.0 Å².